The SMILES string of the molecule is Cc1cccc2nc(COc3cccc([N+](=O)[O-])c3)cc(=O)n12. The molecule has 2 heterocycles. The van der Waals surface area contributed by atoms with Gasteiger partial charge in [-0.25, -0.2) is 4.98 Å². The molecule has 0 bridgehead atoms. The molecule has 7 nitrogen and oxygen atoms in total. The summed E-state index contributed by atoms with van der Waals surface area (Å²) in [6.45, 7) is 1.89. The summed E-state index contributed by atoms with van der Waals surface area (Å²) >= 11 is 0. The normalized spacial score (nSPS) is 10.7. The lowest BCUT2D eigenvalue weighted by Crippen LogP contribution is -2.18. The minimum absolute atomic E-state index is 0.0512. The van der Waals surface area contributed by atoms with Gasteiger partial charge < -0.3 is 4.74 Å². The molecule has 0 aliphatic heterocycles. The zero-order valence-corrected chi connectivity index (χ0v) is 12.3. The van der Waals surface area contributed by atoms with E-state index in [4.69, 9.17) is 4.74 Å². The van der Waals surface area contributed by atoms with Crippen molar-refractivity contribution < 1.29 is 9.66 Å². The van der Waals surface area contributed by atoms with E-state index in [2.05, 4.69) is 4.98 Å². The van der Waals surface area contributed by atoms with Crippen molar-refractivity contribution in [2.24, 2.45) is 0 Å². The smallest absolute Gasteiger partial charge is 0.273 e. The van der Waals surface area contributed by atoms with Gasteiger partial charge >= 0.3 is 0 Å². The summed E-state index contributed by atoms with van der Waals surface area (Å²) in [6.07, 6.45) is 0. The highest BCUT2D eigenvalue weighted by atomic mass is 16.6. The predicted molar refractivity (Wildman–Crippen MR) is 83.6 cm³/mol. The third kappa shape index (κ3) is 3.03. The van der Waals surface area contributed by atoms with Gasteiger partial charge in [-0.1, -0.05) is 12.1 Å². The Morgan fingerprint density at radius 1 is 1.22 bits per heavy atom. The highest BCUT2D eigenvalue weighted by molar-refractivity contribution is 5.41. The van der Waals surface area contributed by atoms with Gasteiger partial charge in [0.15, 0.2) is 0 Å². The van der Waals surface area contributed by atoms with E-state index in [0.717, 1.165) is 5.69 Å². The molecule has 3 aromatic rings. The summed E-state index contributed by atoms with van der Waals surface area (Å²) in [4.78, 5) is 26.8. The maximum atomic E-state index is 12.2. The van der Waals surface area contributed by atoms with E-state index in [1.807, 2.05) is 19.1 Å². The average molecular weight is 311 g/mol. The van der Waals surface area contributed by atoms with Crippen molar-refractivity contribution in [2.45, 2.75) is 13.5 Å². The van der Waals surface area contributed by atoms with Crippen LogP contribution in [0.5, 0.6) is 5.75 Å². The number of aryl methyl sites for hydroxylation is 1. The number of nitro benzene ring substituents is 1. The molecule has 0 unspecified atom stereocenters. The minimum atomic E-state index is -0.490. The van der Waals surface area contributed by atoms with Crippen LogP contribution in [0.15, 0.2) is 53.3 Å². The molecule has 7 heteroatoms. The van der Waals surface area contributed by atoms with E-state index in [1.165, 1.54) is 22.6 Å². The maximum absolute atomic E-state index is 12.2. The van der Waals surface area contributed by atoms with Crippen LogP contribution in [0.3, 0.4) is 0 Å². The number of hydrogen-bond donors (Lipinski definition) is 0. The van der Waals surface area contributed by atoms with Crippen LogP contribution in [0.1, 0.15) is 11.4 Å². The molecule has 0 saturated heterocycles. The highest BCUT2D eigenvalue weighted by Crippen LogP contribution is 2.19. The molecule has 3 rings (SSSR count). The van der Waals surface area contributed by atoms with Crippen molar-refractivity contribution >= 4 is 11.3 Å². The lowest BCUT2D eigenvalue weighted by Gasteiger charge is -2.08. The summed E-state index contributed by atoms with van der Waals surface area (Å²) in [6, 6.07) is 12.7. The number of fused-ring (bicyclic) bond motifs is 1. The van der Waals surface area contributed by atoms with Gasteiger partial charge in [-0.2, -0.15) is 0 Å². The van der Waals surface area contributed by atoms with Crippen LogP contribution in [0.4, 0.5) is 5.69 Å². The monoisotopic (exact) mass is 311 g/mol. The second-order valence-electron chi connectivity index (χ2n) is 4.99. The Labute approximate surface area is 130 Å². The van der Waals surface area contributed by atoms with E-state index >= 15 is 0 Å². The highest BCUT2D eigenvalue weighted by Gasteiger charge is 2.08. The molecular formula is C16H13N3O4. The predicted octanol–water partition coefficient (Wildman–Crippen LogP) is 2.49. The number of hydrogen-bond acceptors (Lipinski definition) is 5. The standard InChI is InChI=1S/C16H13N3O4/c1-11-4-2-7-15-17-12(8-16(20)18(11)15)10-23-14-6-3-5-13(9-14)19(21)22/h2-9H,10H2,1H3. The lowest BCUT2D eigenvalue weighted by atomic mass is 10.3. The van der Waals surface area contributed by atoms with Gasteiger partial charge in [0.1, 0.15) is 18.0 Å². The molecule has 0 amide bonds. The molecule has 0 aliphatic rings. The Bertz CT molecular complexity index is 949. The van der Waals surface area contributed by atoms with Gasteiger partial charge in [0, 0.05) is 17.8 Å². The molecule has 2 aromatic heterocycles. The number of ether oxygens (including phenoxy) is 1. The first-order valence-corrected chi connectivity index (χ1v) is 6.90. The van der Waals surface area contributed by atoms with Crippen LogP contribution in [-0.2, 0) is 6.61 Å². The molecule has 0 N–H and O–H groups in total. The minimum Gasteiger partial charge on any atom is -0.487 e. The van der Waals surface area contributed by atoms with Crippen molar-refractivity contribution in [3.05, 3.63) is 80.4 Å². The zero-order valence-electron chi connectivity index (χ0n) is 12.3. The number of pyridine rings is 1. The van der Waals surface area contributed by atoms with Gasteiger partial charge in [0.25, 0.3) is 11.2 Å². The van der Waals surface area contributed by atoms with Gasteiger partial charge in [0.05, 0.1) is 16.7 Å². The summed E-state index contributed by atoms with van der Waals surface area (Å²) in [5, 5.41) is 10.7. The summed E-state index contributed by atoms with van der Waals surface area (Å²) in [7, 11) is 0. The summed E-state index contributed by atoms with van der Waals surface area (Å²) in [5.41, 5.74) is 1.56. The lowest BCUT2D eigenvalue weighted by molar-refractivity contribution is -0.384. The molecular weight excluding hydrogens is 298 g/mol. The maximum Gasteiger partial charge on any atom is 0.273 e. The quantitative estimate of drug-likeness (QED) is 0.545. The Morgan fingerprint density at radius 3 is 2.78 bits per heavy atom. The van der Waals surface area contributed by atoms with Gasteiger partial charge in [-0.3, -0.25) is 19.3 Å². The number of nitrogens with zero attached hydrogens (tertiary/aromatic N) is 3. The van der Waals surface area contributed by atoms with Crippen LogP contribution in [0.2, 0.25) is 0 Å². The molecule has 116 valence electrons. The Kier molecular flexibility index (Phi) is 3.76. The van der Waals surface area contributed by atoms with E-state index in [-0.39, 0.29) is 17.9 Å². The first-order valence-electron chi connectivity index (χ1n) is 6.90. The largest absolute Gasteiger partial charge is 0.487 e. The van der Waals surface area contributed by atoms with Crippen molar-refractivity contribution in [1.82, 2.24) is 9.38 Å². The van der Waals surface area contributed by atoms with Crippen LogP contribution in [0, 0.1) is 17.0 Å². The molecule has 0 aliphatic carbocycles. The molecule has 0 saturated carbocycles. The van der Waals surface area contributed by atoms with E-state index in [9.17, 15) is 14.9 Å². The number of aromatic nitrogens is 2. The van der Waals surface area contributed by atoms with Gasteiger partial charge in [0.2, 0.25) is 0 Å². The van der Waals surface area contributed by atoms with E-state index in [1.54, 1.807) is 18.2 Å². The van der Waals surface area contributed by atoms with Gasteiger partial charge in [-0.15, -0.1) is 0 Å². The molecule has 0 fully saturated rings. The van der Waals surface area contributed by atoms with Crippen LogP contribution >= 0.6 is 0 Å². The fraction of sp³-hybridized carbons (Fsp3) is 0.125. The Hall–Kier alpha value is -3.22. The van der Waals surface area contributed by atoms with Gasteiger partial charge in [-0.05, 0) is 25.1 Å². The van der Waals surface area contributed by atoms with Crippen molar-refractivity contribution in [2.75, 3.05) is 0 Å². The molecule has 0 radical (unpaired) electrons. The second kappa shape index (κ2) is 5.88. The van der Waals surface area contributed by atoms with Crippen molar-refractivity contribution in [1.29, 1.82) is 0 Å². The molecule has 0 atom stereocenters. The summed E-state index contributed by atoms with van der Waals surface area (Å²) in [5.74, 6) is 0.352. The average Bonchev–Trinajstić information content (AvgIpc) is 2.53. The van der Waals surface area contributed by atoms with E-state index in [0.29, 0.717) is 17.1 Å². The third-order valence-electron chi connectivity index (χ3n) is 3.35. The third-order valence-corrected chi connectivity index (χ3v) is 3.35. The fourth-order valence-corrected chi connectivity index (χ4v) is 2.28. The van der Waals surface area contributed by atoms with E-state index < -0.39 is 4.92 Å². The summed E-state index contributed by atoms with van der Waals surface area (Å²) < 4.78 is 7.01. The van der Waals surface area contributed by atoms with Crippen LogP contribution in [0.25, 0.3) is 5.65 Å². The topological polar surface area (TPSA) is 86.7 Å². The zero-order chi connectivity index (χ0) is 16.4. The van der Waals surface area contributed by atoms with Crippen LogP contribution < -0.4 is 10.3 Å². The first-order chi connectivity index (χ1) is 11.0. The number of nitro groups is 1. The molecule has 0 spiro atoms. The molecule has 1 aromatic carbocycles. The van der Waals surface area contributed by atoms with Crippen molar-refractivity contribution in [3.63, 3.8) is 0 Å². The Morgan fingerprint density at radius 2 is 2.00 bits per heavy atom. The fourth-order valence-electron chi connectivity index (χ4n) is 2.28. The number of benzene rings is 1. The Balaban J connectivity index is 1.87. The van der Waals surface area contributed by atoms with Crippen LogP contribution in [-0.4, -0.2) is 14.3 Å². The first kappa shape index (κ1) is 14.7. The number of rotatable bonds is 4. The second-order valence-corrected chi connectivity index (χ2v) is 4.99. The number of non-ortho nitro benzene ring substituents is 1. The molecule has 23 heavy (non-hydrogen) atoms. The van der Waals surface area contributed by atoms with Crippen molar-refractivity contribution in [3.8, 4) is 5.75 Å².